The summed E-state index contributed by atoms with van der Waals surface area (Å²) in [6.45, 7) is 5.72. The number of rotatable bonds is 5. The van der Waals surface area contributed by atoms with Crippen molar-refractivity contribution >= 4 is 5.97 Å². The highest BCUT2D eigenvalue weighted by molar-refractivity contribution is 5.90. The van der Waals surface area contributed by atoms with Crippen molar-refractivity contribution in [2.24, 2.45) is 0 Å². The van der Waals surface area contributed by atoms with E-state index in [-0.39, 0.29) is 23.7 Å². The average molecular weight is 320 g/mol. The quantitative estimate of drug-likeness (QED) is 0.884. The molecule has 5 heteroatoms. The van der Waals surface area contributed by atoms with E-state index in [1.54, 1.807) is 6.92 Å². The van der Waals surface area contributed by atoms with E-state index in [4.69, 9.17) is 14.6 Å². The lowest BCUT2D eigenvalue weighted by Crippen LogP contribution is -2.07. The van der Waals surface area contributed by atoms with Crippen LogP contribution in [0.15, 0.2) is 36.4 Å². The molecule has 0 aliphatic heterocycles. The van der Waals surface area contributed by atoms with Crippen LogP contribution in [0.3, 0.4) is 0 Å². The molecule has 0 atom stereocenters. The molecule has 0 unspecified atom stereocenters. The summed E-state index contributed by atoms with van der Waals surface area (Å²) in [5, 5.41) is 9.05. The molecule has 0 aliphatic carbocycles. The van der Waals surface area contributed by atoms with Crippen LogP contribution in [0.25, 0.3) is 0 Å². The number of aromatic carboxylic acids is 1. The van der Waals surface area contributed by atoms with Crippen molar-refractivity contribution in [3.63, 3.8) is 0 Å². The highest BCUT2D eigenvalue weighted by Crippen LogP contribution is 2.36. The minimum Gasteiger partial charge on any atom is -0.492 e. The van der Waals surface area contributed by atoms with Gasteiger partial charge in [0.1, 0.15) is 6.61 Å². The number of carboxylic acids is 1. The molecule has 0 spiro atoms. The fourth-order valence-electron chi connectivity index (χ4n) is 2.03. The minimum absolute atomic E-state index is 0.0798. The Balaban J connectivity index is 0.00000127. The standard InChI is InChI=1S/C16H15FO4.C2H6/c1-10-12(16(18)19)8-13(17)15(14(10)20-2)21-9-11-6-4-3-5-7-11;1-2/h3-8H,9H2,1-2H3,(H,18,19);1-2H3. The second-order valence-corrected chi connectivity index (χ2v) is 4.47. The van der Waals surface area contributed by atoms with Crippen LogP contribution in [0.5, 0.6) is 11.5 Å². The van der Waals surface area contributed by atoms with Gasteiger partial charge in [0.15, 0.2) is 17.3 Å². The molecule has 0 aliphatic rings. The molecule has 0 bridgehead atoms. The molecular weight excluding hydrogens is 299 g/mol. The van der Waals surface area contributed by atoms with Gasteiger partial charge >= 0.3 is 5.97 Å². The van der Waals surface area contributed by atoms with Crippen molar-refractivity contribution < 1.29 is 23.8 Å². The molecule has 0 radical (unpaired) electrons. The van der Waals surface area contributed by atoms with E-state index in [9.17, 15) is 9.18 Å². The second kappa shape index (κ2) is 8.78. The zero-order chi connectivity index (χ0) is 17.4. The molecule has 0 amide bonds. The van der Waals surface area contributed by atoms with Crippen molar-refractivity contribution in [3.8, 4) is 11.5 Å². The Morgan fingerprint density at radius 3 is 2.30 bits per heavy atom. The zero-order valence-electron chi connectivity index (χ0n) is 13.7. The smallest absolute Gasteiger partial charge is 0.336 e. The van der Waals surface area contributed by atoms with Gasteiger partial charge in [0.25, 0.3) is 0 Å². The van der Waals surface area contributed by atoms with E-state index >= 15 is 0 Å². The van der Waals surface area contributed by atoms with E-state index in [0.717, 1.165) is 11.6 Å². The third kappa shape index (κ3) is 4.45. The largest absolute Gasteiger partial charge is 0.492 e. The monoisotopic (exact) mass is 320 g/mol. The number of carbonyl (C=O) groups is 1. The summed E-state index contributed by atoms with van der Waals surface area (Å²) in [4.78, 5) is 11.1. The minimum atomic E-state index is -1.21. The van der Waals surface area contributed by atoms with Crippen molar-refractivity contribution in [1.29, 1.82) is 0 Å². The van der Waals surface area contributed by atoms with Gasteiger partial charge in [-0.1, -0.05) is 44.2 Å². The van der Waals surface area contributed by atoms with Crippen LogP contribution in [0, 0.1) is 12.7 Å². The Labute approximate surface area is 135 Å². The first kappa shape index (κ1) is 18.5. The molecule has 0 saturated heterocycles. The molecule has 2 rings (SSSR count). The number of benzene rings is 2. The fraction of sp³-hybridized carbons (Fsp3) is 0.278. The van der Waals surface area contributed by atoms with Crippen molar-refractivity contribution in [2.75, 3.05) is 7.11 Å². The normalized spacial score (nSPS) is 9.61. The van der Waals surface area contributed by atoms with E-state index < -0.39 is 11.8 Å². The summed E-state index contributed by atoms with van der Waals surface area (Å²) in [6, 6.07) is 10.2. The van der Waals surface area contributed by atoms with Gasteiger partial charge in [0.05, 0.1) is 12.7 Å². The summed E-state index contributed by atoms with van der Waals surface area (Å²) in [7, 11) is 1.35. The first-order chi connectivity index (χ1) is 11.0. The number of hydrogen-bond donors (Lipinski definition) is 1. The van der Waals surface area contributed by atoms with Crippen molar-refractivity contribution in [3.05, 3.63) is 58.9 Å². The van der Waals surface area contributed by atoms with E-state index in [1.165, 1.54) is 7.11 Å². The fourth-order valence-corrected chi connectivity index (χ4v) is 2.03. The number of ether oxygens (including phenoxy) is 2. The predicted molar refractivity (Wildman–Crippen MR) is 86.8 cm³/mol. The molecular formula is C18H21FO4. The second-order valence-electron chi connectivity index (χ2n) is 4.47. The van der Waals surface area contributed by atoms with Crippen LogP contribution in [0.2, 0.25) is 0 Å². The van der Waals surface area contributed by atoms with Gasteiger partial charge in [-0.05, 0) is 18.6 Å². The van der Waals surface area contributed by atoms with Gasteiger partial charge in [0.2, 0.25) is 0 Å². The topological polar surface area (TPSA) is 55.8 Å². The van der Waals surface area contributed by atoms with Gasteiger partial charge < -0.3 is 14.6 Å². The number of carboxylic acid groups (broad SMARTS) is 1. The van der Waals surface area contributed by atoms with Crippen molar-refractivity contribution in [1.82, 2.24) is 0 Å². The molecule has 124 valence electrons. The first-order valence-electron chi connectivity index (χ1n) is 7.31. The molecule has 0 aromatic heterocycles. The SMILES string of the molecule is CC.COc1c(C)c(C(=O)O)cc(F)c1OCc1ccccc1. The lowest BCUT2D eigenvalue weighted by atomic mass is 10.1. The molecule has 1 N–H and O–H groups in total. The van der Waals surface area contributed by atoms with Crippen LogP contribution in [0.1, 0.15) is 35.3 Å². The summed E-state index contributed by atoms with van der Waals surface area (Å²) in [5.41, 5.74) is 1.06. The number of methoxy groups -OCH3 is 1. The highest BCUT2D eigenvalue weighted by Gasteiger charge is 2.21. The molecule has 0 heterocycles. The molecule has 2 aromatic carbocycles. The Morgan fingerprint density at radius 1 is 1.17 bits per heavy atom. The molecule has 0 fully saturated rings. The van der Waals surface area contributed by atoms with Gasteiger partial charge in [-0.15, -0.1) is 0 Å². The summed E-state index contributed by atoms with van der Waals surface area (Å²) in [5.74, 6) is -1.95. The van der Waals surface area contributed by atoms with Crippen LogP contribution in [0.4, 0.5) is 4.39 Å². The van der Waals surface area contributed by atoms with E-state index in [1.807, 2.05) is 44.2 Å². The van der Waals surface area contributed by atoms with Gasteiger partial charge in [0, 0.05) is 5.56 Å². The van der Waals surface area contributed by atoms with Gasteiger partial charge in [-0.2, -0.15) is 0 Å². The highest BCUT2D eigenvalue weighted by atomic mass is 19.1. The molecule has 4 nitrogen and oxygen atoms in total. The Bertz CT molecular complexity index is 654. The molecule has 2 aromatic rings. The Kier molecular flexibility index (Phi) is 7.06. The lowest BCUT2D eigenvalue weighted by molar-refractivity contribution is 0.0695. The van der Waals surface area contributed by atoms with Crippen molar-refractivity contribution in [2.45, 2.75) is 27.4 Å². The predicted octanol–water partition coefficient (Wildman–Crippen LogP) is 4.45. The van der Waals surface area contributed by atoms with Crippen LogP contribution in [-0.2, 0) is 6.61 Å². The first-order valence-corrected chi connectivity index (χ1v) is 7.31. The van der Waals surface area contributed by atoms with Gasteiger partial charge in [-0.25, -0.2) is 9.18 Å². The zero-order valence-corrected chi connectivity index (χ0v) is 13.7. The Morgan fingerprint density at radius 2 is 1.78 bits per heavy atom. The van der Waals surface area contributed by atoms with E-state index in [0.29, 0.717) is 5.56 Å². The summed E-state index contributed by atoms with van der Waals surface area (Å²) < 4.78 is 24.6. The summed E-state index contributed by atoms with van der Waals surface area (Å²) >= 11 is 0. The van der Waals surface area contributed by atoms with Crippen LogP contribution < -0.4 is 9.47 Å². The average Bonchev–Trinajstić information content (AvgIpc) is 2.57. The third-order valence-electron chi connectivity index (χ3n) is 3.10. The Hall–Kier alpha value is -2.56. The maximum absolute atomic E-state index is 14.1. The van der Waals surface area contributed by atoms with Crippen LogP contribution in [-0.4, -0.2) is 18.2 Å². The van der Waals surface area contributed by atoms with Gasteiger partial charge in [-0.3, -0.25) is 0 Å². The lowest BCUT2D eigenvalue weighted by Gasteiger charge is -2.15. The number of hydrogen-bond acceptors (Lipinski definition) is 3. The third-order valence-corrected chi connectivity index (χ3v) is 3.10. The molecule has 0 saturated carbocycles. The number of halogens is 1. The maximum atomic E-state index is 14.1. The molecule has 23 heavy (non-hydrogen) atoms. The van der Waals surface area contributed by atoms with Crippen LogP contribution >= 0.6 is 0 Å². The maximum Gasteiger partial charge on any atom is 0.336 e. The van der Waals surface area contributed by atoms with E-state index in [2.05, 4.69) is 0 Å². The summed E-state index contributed by atoms with van der Waals surface area (Å²) in [6.07, 6.45) is 0.